The average molecular weight is 434 g/mol. The van der Waals surface area contributed by atoms with E-state index in [4.69, 9.17) is 4.99 Å². The summed E-state index contributed by atoms with van der Waals surface area (Å²) in [5.41, 5.74) is 2.03. The molecule has 0 unspecified atom stereocenters. The van der Waals surface area contributed by atoms with E-state index in [0.29, 0.717) is 12.0 Å². The first-order chi connectivity index (χ1) is 12.9. The summed E-state index contributed by atoms with van der Waals surface area (Å²) in [5, 5.41) is 0. The molecule has 0 aliphatic carbocycles. The first-order valence-corrected chi connectivity index (χ1v) is 10.9. The number of halogens is 1. The SMILES string of the molecule is C=C1c2cc(Br)cnc2N=C([C@H](CCC)N2CCN(C)C[C@H](C)C2)N1CC. The summed E-state index contributed by atoms with van der Waals surface area (Å²) in [5.74, 6) is 2.56. The van der Waals surface area contributed by atoms with E-state index in [1.807, 2.05) is 6.20 Å². The molecule has 27 heavy (non-hydrogen) atoms. The molecule has 0 aromatic carbocycles. The Labute approximate surface area is 172 Å². The second-order valence-electron chi connectivity index (χ2n) is 7.85. The monoisotopic (exact) mass is 433 g/mol. The number of likely N-dealkylation sites (N-methyl/N-ethyl adjacent to an activating group) is 2. The molecule has 1 fully saturated rings. The van der Waals surface area contributed by atoms with Gasteiger partial charge in [-0.15, -0.1) is 0 Å². The topological polar surface area (TPSA) is 35.0 Å². The highest BCUT2D eigenvalue weighted by Gasteiger charge is 2.33. The number of hydrogen-bond acceptors (Lipinski definition) is 5. The fourth-order valence-corrected chi connectivity index (χ4v) is 4.63. The third-order valence-electron chi connectivity index (χ3n) is 5.52. The van der Waals surface area contributed by atoms with E-state index in [1.54, 1.807) is 0 Å². The number of pyridine rings is 1. The lowest BCUT2D eigenvalue weighted by molar-refractivity contribution is 0.215. The molecule has 0 amide bonds. The molecule has 1 aromatic heterocycles. The van der Waals surface area contributed by atoms with Gasteiger partial charge in [0.05, 0.1) is 6.04 Å². The quantitative estimate of drug-likeness (QED) is 0.695. The Morgan fingerprint density at radius 2 is 2.07 bits per heavy atom. The van der Waals surface area contributed by atoms with E-state index in [-0.39, 0.29) is 0 Å². The zero-order valence-electron chi connectivity index (χ0n) is 17.1. The van der Waals surface area contributed by atoms with Crippen molar-refractivity contribution in [2.75, 3.05) is 39.8 Å². The average Bonchev–Trinajstić information content (AvgIpc) is 2.80. The van der Waals surface area contributed by atoms with Crippen molar-refractivity contribution in [3.8, 4) is 0 Å². The fraction of sp³-hybridized carbons (Fsp3) is 0.619. The van der Waals surface area contributed by atoms with Gasteiger partial charge in [0.1, 0.15) is 5.84 Å². The van der Waals surface area contributed by atoms with Crippen LogP contribution in [0.1, 0.15) is 39.2 Å². The number of aromatic nitrogens is 1. The third kappa shape index (κ3) is 4.44. The van der Waals surface area contributed by atoms with Crippen molar-refractivity contribution in [2.24, 2.45) is 10.9 Å². The van der Waals surface area contributed by atoms with E-state index in [2.05, 4.69) is 76.1 Å². The molecule has 3 rings (SSSR count). The van der Waals surface area contributed by atoms with Crippen LogP contribution in [0.25, 0.3) is 5.70 Å². The molecule has 6 heteroatoms. The molecule has 0 bridgehead atoms. The summed E-state index contributed by atoms with van der Waals surface area (Å²) in [6, 6.07) is 2.38. The van der Waals surface area contributed by atoms with Gasteiger partial charge in [0, 0.05) is 54.7 Å². The van der Waals surface area contributed by atoms with Crippen LogP contribution in [0.5, 0.6) is 0 Å². The molecule has 2 aliphatic rings. The Kier molecular flexibility index (Phi) is 6.71. The maximum absolute atomic E-state index is 5.05. The summed E-state index contributed by atoms with van der Waals surface area (Å²) in [4.78, 5) is 17.0. The number of hydrogen-bond donors (Lipinski definition) is 0. The lowest BCUT2D eigenvalue weighted by Crippen LogP contribution is -2.50. The highest BCUT2D eigenvalue weighted by atomic mass is 79.9. The van der Waals surface area contributed by atoms with Crippen LogP contribution in [0.2, 0.25) is 0 Å². The second-order valence-corrected chi connectivity index (χ2v) is 8.77. The van der Waals surface area contributed by atoms with Gasteiger partial charge < -0.3 is 9.80 Å². The highest BCUT2D eigenvalue weighted by molar-refractivity contribution is 9.10. The standard InChI is InChI=1S/C21H32BrN5/c1-6-8-19(26-10-9-25(5)13-15(3)14-26)21-24-20-18(11-17(22)12-23-20)16(4)27(21)7-2/h11-12,15,19H,4,6-10,13-14H2,1-3,5H3/t15-,19-/m0/s1. The second kappa shape index (κ2) is 8.84. The van der Waals surface area contributed by atoms with Crippen LogP contribution in [0, 0.1) is 5.92 Å². The van der Waals surface area contributed by atoms with E-state index in [1.165, 1.54) is 0 Å². The summed E-state index contributed by atoms with van der Waals surface area (Å²) in [6.45, 7) is 16.5. The molecule has 0 radical (unpaired) electrons. The zero-order chi connectivity index (χ0) is 19.6. The molecule has 2 aliphatic heterocycles. The Morgan fingerprint density at radius 3 is 2.78 bits per heavy atom. The Morgan fingerprint density at radius 1 is 1.30 bits per heavy atom. The normalized spacial score (nSPS) is 23.0. The highest BCUT2D eigenvalue weighted by Crippen LogP contribution is 2.35. The van der Waals surface area contributed by atoms with Crippen LogP contribution in [-0.2, 0) is 0 Å². The predicted octanol–water partition coefficient (Wildman–Crippen LogP) is 4.23. The molecular formula is C21H32BrN5. The van der Waals surface area contributed by atoms with E-state index < -0.39 is 0 Å². The number of rotatable bonds is 5. The Bertz CT molecular complexity index is 717. The molecule has 5 nitrogen and oxygen atoms in total. The summed E-state index contributed by atoms with van der Waals surface area (Å²) >= 11 is 3.53. The number of fused-ring (bicyclic) bond motifs is 1. The van der Waals surface area contributed by atoms with Gasteiger partial charge in [-0.25, -0.2) is 9.98 Å². The van der Waals surface area contributed by atoms with Crippen LogP contribution >= 0.6 is 15.9 Å². The van der Waals surface area contributed by atoms with Gasteiger partial charge in [-0.3, -0.25) is 4.90 Å². The van der Waals surface area contributed by atoms with Gasteiger partial charge in [0.15, 0.2) is 5.82 Å². The third-order valence-corrected chi connectivity index (χ3v) is 5.96. The molecule has 1 saturated heterocycles. The van der Waals surface area contributed by atoms with E-state index in [0.717, 1.165) is 73.0 Å². The molecular weight excluding hydrogens is 402 g/mol. The lowest BCUT2D eigenvalue weighted by Gasteiger charge is -2.40. The molecule has 0 saturated carbocycles. The smallest absolute Gasteiger partial charge is 0.163 e. The van der Waals surface area contributed by atoms with E-state index in [9.17, 15) is 0 Å². The molecule has 148 valence electrons. The first-order valence-electron chi connectivity index (χ1n) is 10.1. The largest absolute Gasteiger partial charge is 0.329 e. The van der Waals surface area contributed by atoms with Gasteiger partial charge in [0.25, 0.3) is 0 Å². The molecule has 0 N–H and O–H groups in total. The number of aliphatic imine (C=N–C) groups is 1. The summed E-state index contributed by atoms with van der Waals surface area (Å²) in [6.07, 6.45) is 4.06. The van der Waals surface area contributed by atoms with Crippen molar-refractivity contribution < 1.29 is 0 Å². The number of amidine groups is 1. The van der Waals surface area contributed by atoms with Gasteiger partial charge in [-0.2, -0.15) is 0 Å². The summed E-state index contributed by atoms with van der Waals surface area (Å²) < 4.78 is 0.964. The first kappa shape index (κ1) is 20.5. The van der Waals surface area contributed by atoms with Gasteiger partial charge in [0.2, 0.25) is 0 Å². The molecule has 1 aromatic rings. The maximum atomic E-state index is 5.05. The molecule has 3 heterocycles. The van der Waals surface area contributed by atoms with Crippen molar-refractivity contribution >= 4 is 33.3 Å². The molecule has 2 atom stereocenters. The minimum Gasteiger partial charge on any atom is -0.329 e. The van der Waals surface area contributed by atoms with Gasteiger partial charge in [-0.05, 0) is 48.3 Å². The van der Waals surface area contributed by atoms with Crippen LogP contribution in [0.4, 0.5) is 5.82 Å². The van der Waals surface area contributed by atoms with Crippen LogP contribution in [0.15, 0.2) is 28.3 Å². The Balaban J connectivity index is 2.00. The predicted molar refractivity (Wildman–Crippen MR) is 117 cm³/mol. The zero-order valence-corrected chi connectivity index (χ0v) is 18.7. The minimum absolute atomic E-state index is 0.305. The Hall–Kier alpha value is -1.24. The van der Waals surface area contributed by atoms with Crippen LogP contribution in [-0.4, -0.2) is 71.3 Å². The summed E-state index contributed by atoms with van der Waals surface area (Å²) in [7, 11) is 2.23. The molecule has 0 spiro atoms. The van der Waals surface area contributed by atoms with Crippen molar-refractivity contribution in [1.82, 2.24) is 19.7 Å². The van der Waals surface area contributed by atoms with Gasteiger partial charge in [-0.1, -0.05) is 26.8 Å². The number of nitrogens with zero attached hydrogens (tertiary/aromatic N) is 5. The van der Waals surface area contributed by atoms with Gasteiger partial charge >= 0.3 is 0 Å². The van der Waals surface area contributed by atoms with Crippen molar-refractivity contribution in [3.05, 3.63) is 28.9 Å². The fourth-order valence-electron chi connectivity index (χ4n) is 4.30. The van der Waals surface area contributed by atoms with Crippen molar-refractivity contribution in [2.45, 2.75) is 39.7 Å². The lowest BCUT2D eigenvalue weighted by atomic mass is 10.0. The minimum atomic E-state index is 0.305. The van der Waals surface area contributed by atoms with Crippen LogP contribution < -0.4 is 0 Å². The van der Waals surface area contributed by atoms with Crippen molar-refractivity contribution in [3.63, 3.8) is 0 Å². The maximum Gasteiger partial charge on any atom is 0.163 e. The van der Waals surface area contributed by atoms with Crippen LogP contribution in [0.3, 0.4) is 0 Å². The van der Waals surface area contributed by atoms with Crippen molar-refractivity contribution in [1.29, 1.82) is 0 Å². The van der Waals surface area contributed by atoms with E-state index >= 15 is 0 Å².